The zero-order chi connectivity index (χ0) is 23.6. The second-order valence-corrected chi connectivity index (χ2v) is 8.10. The van der Waals surface area contributed by atoms with Crippen LogP contribution in [0.3, 0.4) is 0 Å². The summed E-state index contributed by atoms with van der Waals surface area (Å²) in [5, 5.41) is 2.68. The molecule has 0 spiro atoms. The van der Waals surface area contributed by atoms with Crippen LogP contribution in [-0.2, 0) is 35.4 Å². The summed E-state index contributed by atoms with van der Waals surface area (Å²) in [6.45, 7) is 2.13. The van der Waals surface area contributed by atoms with Crippen molar-refractivity contribution in [1.82, 2.24) is 10.2 Å². The van der Waals surface area contributed by atoms with Crippen LogP contribution in [0, 0.1) is 5.82 Å². The highest BCUT2D eigenvalue weighted by molar-refractivity contribution is 5.88. The largest absolute Gasteiger partial charge is 0.357 e. The van der Waals surface area contributed by atoms with Crippen molar-refractivity contribution in [1.29, 1.82) is 0 Å². The van der Waals surface area contributed by atoms with Crippen molar-refractivity contribution in [2.24, 2.45) is 0 Å². The Hall–Kier alpha value is -3.47. The predicted octanol–water partition coefficient (Wildman–Crippen LogP) is 4.71. The van der Waals surface area contributed by atoms with Crippen molar-refractivity contribution >= 4 is 11.8 Å². The Morgan fingerprint density at radius 1 is 0.879 bits per heavy atom. The van der Waals surface area contributed by atoms with E-state index >= 15 is 0 Å². The standard InChI is InChI=1S/C28H31FN2O2/c1-3-21-13-15-22(16-14-21)17-18-27(32)31(20-24-11-7-8-12-25(24)29)26(28(33)30-2)19-23-9-5-4-6-10-23/h4-16,26H,3,17-20H2,1-2H3,(H,30,33). The number of carbonyl (C=O) groups excluding carboxylic acids is 2. The molecular weight excluding hydrogens is 415 g/mol. The summed E-state index contributed by atoms with van der Waals surface area (Å²) in [5.41, 5.74) is 3.63. The normalized spacial score (nSPS) is 11.6. The zero-order valence-electron chi connectivity index (χ0n) is 19.3. The van der Waals surface area contributed by atoms with Gasteiger partial charge >= 0.3 is 0 Å². The molecule has 0 aromatic heterocycles. The van der Waals surface area contributed by atoms with E-state index in [1.807, 2.05) is 42.5 Å². The second kappa shape index (κ2) is 12.0. The van der Waals surface area contributed by atoms with Crippen molar-refractivity contribution in [2.75, 3.05) is 7.05 Å². The third-order valence-electron chi connectivity index (χ3n) is 5.87. The van der Waals surface area contributed by atoms with Crippen molar-refractivity contribution in [2.45, 2.75) is 45.2 Å². The first-order valence-corrected chi connectivity index (χ1v) is 11.4. The summed E-state index contributed by atoms with van der Waals surface area (Å²) in [4.78, 5) is 27.8. The Labute approximate surface area is 195 Å². The van der Waals surface area contributed by atoms with Crippen molar-refractivity contribution < 1.29 is 14.0 Å². The first-order chi connectivity index (χ1) is 16.0. The topological polar surface area (TPSA) is 49.4 Å². The van der Waals surface area contributed by atoms with Gasteiger partial charge in [-0.05, 0) is 35.6 Å². The highest BCUT2D eigenvalue weighted by atomic mass is 19.1. The highest BCUT2D eigenvalue weighted by Crippen LogP contribution is 2.18. The summed E-state index contributed by atoms with van der Waals surface area (Å²) in [6, 6.07) is 23.4. The quantitative estimate of drug-likeness (QED) is 0.491. The number of carbonyl (C=O) groups is 2. The SMILES string of the molecule is CCc1ccc(CCC(=O)N(Cc2ccccc2F)C(Cc2ccccc2)C(=O)NC)cc1. The molecule has 0 heterocycles. The van der Waals surface area contributed by atoms with Crippen LogP contribution in [0.4, 0.5) is 4.39 Å². The monoisotopic (exact) mass is 446 g/mol. The molecule has 0 bridgehead atoms. The number of aryl methyl sites for hydroxylation is 2. The molecule has 0 saturated heterocycles. The maximum absolute atomic E-state index is 14.5. The van der Waals surface area contributed by atoms with E-state index < -0.39 is 6.04 Å². The highest BCUT2D eigenvalue weighted by Gasteiger charge is 2.30. The predicted molar refractivity (Wildman–Crippen MR) is 129 cm³/mol. The fraction of sp³-hybridized carbons (Fsp3) is 0.286. The van der Waals surface area contributed by atoms with E-state index in [2.05, 4.69) is 24.4 Å². The number of hydrogen-bond donors (Lipinski definition) is 1. The molecule has 1 unspecified atom stereocenters. The molecule has 0 saturated carbocycles. The zero-order valence-corrected chi connectivity index (χ0v) is 19.3. The summed E-state index contributed by atoms with van der Waals surface area (Å²) in [5.74, 6) is -0.834. The van der Waals surface area contributed by atoms with Gasteiger partial charge in [-0.3, -0.25) is 9.59 Å². The Balaban J connectivity index is 1.86. The third-order valence-corrected chi connectivity index (χ3v) is 5.87. The molecular formula is C28H31FN2O2. The Morgan fingerprint density at radius 3 is 2.15 bits per heavy atom. The van der Waals surface area contributed by atoms with Gasteiger partial charge in [0.15, 0.2) is 0 Å². The van der Waals surface area contributed by atoms with Gasteiger partial charge in [0.1, 0.15) is 11.9 Å². The van der Waals surface area contributed by atoms with Gasteiger partial charge in [-0.2, -0.15) is 0 Å². The van der Waals surface area contributed by atoms with E-state index in [0.717, 1.165) is 17.5 Å². The number of rotatable bonds is 10. The summed E-state index contributed by atoms with van der Waals surface area (Å²) >= 11 is 0. The molecule has 0 aliphatic heterocycles. The molecule has 1 atom stereocenters. The lowest BCUT2D eigenvalue weighted by Gasteiger charge is -2.31. The molecule has 3 aromatic carbocycles. The minimum Gasteiger partial charge on any atom is -0.357 e. The summed E-state index contributed by atoms with van der Waals surface area (Å²) in [6.07, 6.45) is 2.11. The molecule has 3 aromatic rings. The molecule has 2 amide bonds. The fourth-order valence-corrected chi connectivity index (χ4v) is 3.87. The van der Waals surface area contributed by atoms with E-state index in [-0.39, 0.29) is 30.6 Å². The molecule has 1 N–H and O–H groups in total. The molecule has 33 heavy (non-hydrogen) atoms. The van der Waals surface area contributed by atoms with Gasteiger partial charge in [0.25, 0.3) is 0 Å². The lowest BCUT2D eigenvalue weighted by molar-refractivity contribution is -0.141. The summed E-state index contributed by atoms with van der Waals surface area (Å²) in [7, 11) is 1.56. The van der Waals surface area contributed by atoms with Gasteiger partial charge in [-0.25, -0.2) is 4.39 Å². The van der Waals surface area contributed by atoms with Gasteiger partial charge < -0.3 is 10.2 Å². The number of nitrogens with one attached hydrogen (secondary N) is 1. The third kappa shape index (κ3) is 6.75. The van der Waals surface area contributed by atoms with Crippen molar-refractivity contribution in [3.05, 3.63) is 107 Å². The van der Waals surface area contributed by atoms with Gasteiger partial charge in [0.2, 0.25) is 11.8 Å². The van der Waals surface area contributed by atoms with Crippen LogP contribution in [0.1, 0.15) is 35.6 Å². The molecule has 3 rings (SSSR count). The van der Waals surface area contributed by atoms with Crippen LogP contribution < -0.4 is 5.32 Å². The molecule has 5 heteroatoms. The van der Waals surface area contributed by atoms with Crippen LogP contribution >= 0.6 is 0 Å². The van der Waals surface area contributed by atoms with E-state index in [0.29, 0.717) is 18.4 Å². The molecule has 0 aliphatic rings. The molecule has 172 valence electrons. The van der Waals surface area contributed by atoms with Gasteiger partial charge in [-0.1, -0.05) is 79.7 Å². The number of halogens is 1. The first-order valence-electron chi connectivity index (χ1n) is 11.4. The van der Waals surface area contributed by atoms with Crippen molar-refractivity contribution in [3.8, 4) is 0 Å². The number of likely N-dealkylation sites (N-methyl/N-ethyl adjacent to an activating group) is 1. The summed E-state index contributed by atoms with van der Waals surface area (Å²) < 4.78 is 14.5. The lowest BCUT2D eigenvalue weighted by Crippen LogP contribution is -2.49. The van der Waals surface area contributed by atoms with Crippen LogP contribution in [0.15, 0.2) is 78.9 Å². The van der Waals surface area contributed by atoms with E-state index in [1.165, 1.54) is 16.5 Å². The number of amides is 2. The second-order valence-electron chi connectivity index (χ2n) is 8.10. The van der Waals surface area contributed by atoms with E-state index in [9.17, 15) is 14.0 Å². The van der Waals surface area contributed by atoms with Gasteiger partial charge in [-0.15, -0.1) is 0 Å². The Kier molecular flexibility index (Phi) is 8.76. The number of hydrogen-bond acceptors (Lipinski definition) is 2. The van der Waals surface area contributed by atoms with E-state index in [1.54, 1.807) is 25.2 Å². The fourth-order valence-electron chi connectivity index (χ4n) is 3.87. The molecule has 0 aliphatic carbocycles. The van der Waals surface area contributed by atoms with Crippen LogP contribution in [0.2, 0.25) is 0 Å². The minimum atomic E-state index is -0.744. The molecule has 0 fully saturated rings. The molecule has 0 radical (unpaired) electrons. The van der Waals surface area contributed by atoms with Crippen LogP contribution in [0.5, 0.6) is 0 Å². The van der Waals surface area contributed by atoms with Gasteiger partial charge in [0, 0.05) is 32.0 Å². The average Bonchev–Trinajstić information content (AvgIpc) is 2.86. The van der Waals surface area contributed by atoms with Crippen LogP contribution in [-0.4, -0.2) is 29.8 Å². The Bertz CT molecular complexity index is 1050. The number of benzene rings is 3. The average molecular weight is 447 g/mol. The van der Waals surface area contributed by atoms with Crippen LogP contribution in [0.25, 0.3) is 0 Å². The smallest absolute Gasteiger partial charge is 0.242 e. The maximum Gasteiger partial charge on any atom is 0.242 e. The van der Waals surface area contributed by atoms with Crippen molar-refractivity contribution in [3.63, 3.8) is 0 Å². The lowest BCUT2D eigenvalue weighted by atomic mass is 10.0. The minimum absolute atomic E-state index is 0.0329. The number of nitrogens with zero attached hydrogens (tertiary/aromatic N) is 1. The molecule has 4 nitrogen and oxygen atoms in total. The maximum atomic E-state index is 14.5. The Morgan fingerprint density at radius 2 is 1.52 bits per heavy atom. The first kappa shape index (κ1) is 24.2. The van der Waals surface area contributed by atoms with E-state index in [4.69, 9.17) is 0 Å². The van der Waals surface area contributed by atoms with Gasteiger partial charge in [0.05, 0.1) is 0 Å².